The van der Waals surface area contributed by atoms with Crippen LogP contribution in [0.15, 0.2) is 0 Å². The van der Waals surface area contributed by atoms with E-state index in [0.29, 0.717) is 6.10 Å². The van der Waals surface area contributed by atoms with Gasteiger partial charge in [-0.2, -0.15) is 5.10 Å². The van der Waals surface area contributed by atoms with Crippen LogP contribution in [0.1, 0.15) is 24.1 Å². The molecule has 78 valence electrons. The second-order valence-electron chi connectivity index (χ2n) is 3.70. The molecule has 0 bridgehead atoms. The van der Waals surface area contributed by atoms with E-state index >= 15 is 0 Å². The largest absolute Gasteiger partial charge is 0.380 e. The average Bonchev–Trinajstić information content (AvgIpc) is 2.71. The van der Waals surface area contributed by atoms with E-state index in [0.717, 1.165) is 24.6 Å². The lowest BCUT2D eigenvalue weighted by atomic mass is 10.2. The molecule has 0 saturated carbocycles. The van der Waals surface area contributed by atoms with Gasteiger partial charge < -0.3 is 10.1 Å². The van der Waals surface area contributed by atoms with Crippen molar-refractivity contribution in [3.8, 4) is 0 Å². The van der Waals surface area contributed by atoms with Gasteiger partial charge in [0, 0.05) is 20.7 Å². The molecule has 5 nitrogen and oxygen atoms in total. The van der Waals surface area contributed by atoms with Crippen LogP contribution in [0.3, 0.4) is 0 Å². The molecule has 1 aromatic heterocycles. The van der Waals surface area contributed by atoms with Gasteiger partial charge >= 0.3 is 0 Å². The molecule has 1 N–H and O–H groups in total. The molecule has 0 aliphatic carbocycles. The third kappa shape index (κ3) is 1.65. The number of ether oxygens (including phenoxy) is 1. The Kier molecular flexibility index (Phi) is 2.52. The number of hydrogen-bond donors (Lipinski definition) is 1. The molecule has 0 amide bonds. The molecule has 2 atom stereocenters. The number of rotatable bonds is 2. The van der Waals surface area contributed by atoms with E-state index in [9.17, 15) is 0 Å². The molecule has 1 aliphatic rings. The van der Waals surface area contributed by atoms with Crippen LogP contribution >= 0.6 is 0 Å². The molecule has 14 heavy (non-hydrogen) atoms. The van der Waals surface area contributed by atoms with Gasteiger partial charge in [-0.25, -0.2) is 4.98 Å². The summed E-state index contributed by atoms with van der Waals surface area (Å²) in [5.41, 5.74) is 0. The number of methoxy groups -OCH3 is 1. The lowest BCUT2D eigenvalue weighted by molar-refractivity contribution is 0.117. The first-order valence-corrected chi connectivity index (χ1v) is 4.84. The molecule has 0 spiro atoms. The Morgan fingerprint density at radius 1 is 1.57 bits per heavy atom. The highest BCUT2D eigenvalue weighted by atomic mass is 16.5. The van der Waals surface area contributed by atoms with Gasteiger partial charge in [0.15, 0.2) is 0 Å². The fourth-order valence-corrected chi connectivity index (χ4v) is 1.91. The molecule has 0 aromatic carbocycles. The van der Waals surface area contributed by atoms with Crippen molar-refractivity contribution >= 4 is 0 Å². The van der Waals surface area contributed by atoms with Crippen LogP contribution in [-0.4, -0.2) is 34.5 Å². The Labute approximate surface area is 83.5 Å². The summed E-state index contributed by atoms with van der Waals surface area (Å²) >= 11 is 0. The van der Waals surface area contributed by atoms with E-state index < -0.39 is 0 Å². The SMILES string of the molecule is COC1CNC(c2nc(C)nn2C)C1. The molecule has 1 aliphatic heterocycles. The number of aryl methyl sites for hydroxylation is 2. The summed E-state index contributed by atoms with van der Waals surface area (Å²) < 4.78 is 7.13. The van der Waals surface area contributed by atoms with Crippen LogP contribution in [0, 0.1) is 6.92 Å². The van der Waals surface area contributed by atoms with E-state index in [1.165, 1.54) is 0 Å². The van der Waals surface area contributed by atoms with Crippen molar-refractivity contribution in [2.24, 2.45) is 7.05 Å². The number of aromatic nitrogens is 3. The van der Waals surface area contributed by atoms with Gasteiger partial charge in [-0.1, -0.05) is 0 Å². The van der Waals surface area contributed by atoms with Crippen molar-refractivity contribution in [1.29, 1.82) is 0 Å². The highest BCUT2D eigenvalue weighted by molar-refractivity contribution is 5.01. The molecule has 2 unspecified atom stereocenters. The Hall–Kier alpha value is -0.940. The highest BCUT2D eigenvalue weighted by Crippen LogP contribution is 2.22. The predicted molar refractivity (Wildman–Crippen MR) is 51.9 cm³/mol. The molecule has 0 radical (unpaired) electrons. The Morgan fingerprint density at radius 2 is 2.36 bits per heavy atom. The Morgan fingerprint density at radius 3 is 2.86 bits per heavy atom. The van der Waals surface area contributed by atoms with Gasteiger partial charge in [0.1, 0.15) is 11.6 Å². The number of hydrogen-bond acceptors (Lipinski definition) is 4. The molecule has 1 saturated heterocycles. The summed E-state index contributed by atoms with van der Waals surface area (Å²) in [4.78, 5) is 4.39. The van der Waals surface area contributed by atoms with Gasteiger partial charge in [-0.15, -0.1) is 0 Å². The first kappa shape index (κ1) is 9.61. The van der Waals surface area contributed by atoms with Gasteiger partial charge in [-0.3, -0.25) is 4.68 Å². The van der Waals surface area contributed by atoms with Crippen LogP contribution in [0.2, 0.25) is 0 Å². The van der Waals surface area contributed by atoms with Crippen molar-refractivity contribution in [3.05, 3.63) is 11.6 Å². The minimum atomic E-state index is 0.283. The maximum absolute atomic E-state index is 5.29. The normalized spacial score (nSPS) is 27.1. The zero-order valence-corrected chi connectivity index (χ0v) is 8.82. The lowest BCUT2D eigenvalue weighted by Crippen LogP contribution is -2.18. The summed E-state index contributed by atoms with van der Waals surface area (Å²) in [5.74, 6) is 1.83. The second kappa shape index (κ2) is 3.67. The van der Waals surface area contributed by atoms with Crippen molar-refractivity contribution in [2.45, 2.75) is 25.5 Å². The van der Waals surface area contributed by atoms with E-state index in [1.54, 1.807) is 7.11 Å². The molecule has 1 fully saturated rings. The minimum Gasteiger partial charge on any atom is -0.380 e. The first-order valence-electron chi connectivity index (χ1n) is 4.84. The van der Waals surface area contributed by atoms with Crippen LogP contribution in [0.25, 0.3) is 0 Å². The standard InChI is InChI=1S/C9H16N4O/c1-6-11-9(13(2)12-6)8-4-7(14-3)5-10-8/h7-8,10H,4-5H2,1-3H3. The van der Waals surface area contributed by atoms with Gasteiger partial charge in [-0.05, 0) is 13.3 Å². The minimum absolute atomic E-state index is 0.283. The van der Waals surface area contributed by atoms with E-state index in [1.807, 2.05) is 18.7 Å². The molecule has 5 heteroatoms. The lowest BCUT2D eigenvalue weighted by Gasteiger charge is -2.08. The fourth-order valence-electron chi connectivity index (χ4n) is 1.91. The molecule has 2 heterocycles. The van der Waals surface area contributed by atoms with Gasteiger partial charge in [0.2, 0.25) is 0 Å². The monoisotopic (exact) mass is 196 g/mol. The molecular weight excluding hydrogens is 180 g/mol. The smallest absolute Gasteiger partial charge is 0.147 e. The number of nitrogens with zero attached hydrogens (tertiary/aromatic N) is 3. The Bertz CT molecular complexity index is 323. The van der Waals surface area contributed by atoms with E-state index in [4.69, 9.17) is 4.74 Å². The maximum Gasteiger partial charge on any atom is 0.147 e. The molecule has 2 rings (SSSR count). The first-order chi connectivity index (χ1) is 6.70. The summed E-state index contributed by atoms with van der Waals surface area (Å²) in [6, 6.07) is 0.283. The van der Waals surface area contributed by atoms with Crippen LogP contribution < -0.4 is 5.32 Å². The third-order valence-corrected chi connectivity index (χ3v) is 2.64. The van der Waals surface area contributed by atoms with Gasteiger partial charge in [0.05, 0.1) is 12.1 Å². The molecule has 1 aromatic rings. The van der Waals surface area contributed by atoms with Crippen LogP contribution in [0.5, 0.6) is 0 Å². The summed E-state index contributed by atoms with van der Waals surface area (Å²) in [7, 11) is 3.67. The highest BCUT2D eigenvalue weighted by Gasteiger charge is 2.28. The van der Waals surface area contributed by atoms with Crippen LogP contribution in [-0.2, 0) is 11.8 Å². The third-order valence-electron chi connectivity index (χ3n) is 2.64. The van der Waals surface area contributed by atoms with Crippen LogP contribution in [0.4, 0.5) is 0 Å². The van der Waals surface area contributed by atoms with E-state index in [2.05, 4.69) is 15.4 Å². The summed E-state index contributed by atoms with van der Waals surface area (Å²) in [6.07, 6.45) is 1.28. The van der Waals surface area contributed by atoms with Gasteiger partial charge in [0.25, 0.3) is 0 Å². The second-order valence-corrected chi connectivity index (χ2v) is 3.70. The zero-order chi connectivity index (χ0) is 10.1. The maximum atomic E-state index is 5.29. The van der Waals surface area contributed by atoms with Crippen molar-refractivity contribution in [1.82, 2.24) is 20.1 Å². The summed E-state index contributed by atoms with van der Waals surface area (Å²) in [5, 5.41) is 7.61. The van der Waals surface area contributed by atoms with E-state index in [-0.39, 0.29) is 6.04 Å². The molecular formula is C9H16N4O. The zero-order valence-electron chi connectivity index (χ0n) is 8.82. The quantitative estimate of drug-likeness (QED) is 0.732. The number of nitrogens with one attached hydrogen (secondary N) is 1. The average molecular weight is 196 g/mol. The predicted octanol–water partition coefficient (Wildman–Crippen LogP) is 0.173. The Balaban J connectivity index is 2.13. The summed E-state index contributed by atoms with van der Waals surface area (Å²) in [6.45, 7) is 2.80. The topological polar surface area (TPSA) is 52.0 Å². The van der Waals surface area contributed by atoms with Crippen molar-refractivity contribution in [3.63, 3.8) is 0 Å². The van der Waals surface area contributed by atoms with Crippen molar-refractivity contribution in [2.75, 3.05) is 13.7 Å². The fraction of sp³-hybridized carbons (Fsp3) is 0.778. The van der Waals surface area contributed by atoms with Crippen molar-refractivity contribution < 1.29 is 4.74 Å².